The van der Waals surface area contributed by atoms with Crippen molar-refractivity contribution in [3.8, 4) is 0 Å². The van der Waals surface area contributed by atoms with Crippen LogP contribution < -0.4 is 10.0 Å². The lowest BCUT2D eigenvalue weighted by molar-refractivity contribution is -0.142. The quantitative estimate of drug-likeness (QED) is 0.699. The second-order valence-electron chi connectivity index (χ2n) is 8.32. The van der Waals surface area contributed by atoms with Gasteiger partial charge in [0.15, 0.2) is 0 Å². The van der Waals surface area contributed by atoms with Crippen molar-refractivity contribution >= 4 is 21.8 Å². The number of carbonyl (C=O) groups is 2. The van der Waals surface area contributed by atoms with E-state index in [1.807, 2.05) is 32.6 Å². The van der Waals surface area contributed by atoms with Crippen LogP contribution in [0.4, 0.5) is 0 Å². The summed E-state index contributed by atoms with van der Waals surface area (Å²) in [7, 11) is -3.58. The molecule has 8 heteroatoms. The molecular formula is C20H31N3O4S. The minimum Gasteiger partial charge on any atom is -0.355 e. The number of sulfonamides is 1. The van der Waals surface area contributed by atoms with E-state index in [0.29, 0.717) is 25.9 Å². The number of nitrogens with zero attached hydrogens (tertiary/aromatic N) is 1. The molecule has 28 heavy (non-hydrogen) atoms. The van der Waals surface area contributed by atoms with Crippen molar-refractivity contribution in [2.45, 2.75) is 45.4 Å². The van der Waals surface area contributed by atoms with Crippen molar-refractivity contribution < 1.29 is 18.0 Å². The number of hydrogen-bond acceptors (Lipinski definition) is 4. The average molecular weight is 410 g/mol. The molecule has 0 unspecified atom stereocenters. The molecule has 7 nitrogen and oxygen atoms in total. The van der Waals surface area contributed by atoms with Crippen molar-refractivity contribution in [3.05, 3.63) is 29.8 Å². The van der Waals surface area contributed by atoms with Gasteiger partial charge in [-0.15, -0.1) is 0 Å². The normalized spacial score (nSPS) is 16.1. The molecule has 1 aromatic carbocycles. The van der Waals surface area contributed by atoms with Gasteiger partial charge in [-0.25, -0.2) is 13.1 Å². The highest BCUT2D eigenvalue weighted by Crippen LogP contribution is 2.23. The van der Waals surface area contributed by atoms with Gasteiger partial charge < -0.3 is 10.2 Å². The standard InChI is InChI=1S/C20H31N3O4S/c1-15-5-7-17(8-6-15)28(26,27)22-12-11-21-18(24)16-9-13-23(14-10-16)19(25)20(2,3)4/h5-8,16,22H,9-14H2,1-4H3,(H,21,24). The molecule has 1 saturated heterocycles. The third-order valence-corrected chi connectivity index (χ3v) is 6.32. The Bertz CT molecular complexity index is 790. The molecule has 156 valence electrons. The van der Waals surface area contributed by atoms with Gasteiger partial charge in [0.1, 0.15) is 0 Å². The Morgan fingerprint density at radius 3 is 2.18 bits per heavy atom. The highest BCUT2D eigenvalue weighted by Gasteiger charge is 2.32. The van der Waals surface area contributed by atoms with Crippen LogP contribution in [0.3, 0.4) is 0 Å². The maximum atomic E-state index is 12.3. The number of amides is 2. The van der Waals surface area contributed by atoms with E-state index < -0.39 is 15.4 Å². The number of piperidine rings is 1. The van der Waals surface area contributed by atoms with Crippen LogP contribution in [-0.2, 0) is 19.6 Å². The van der Waals surface area contributed by atoms with Crippen LogP contribution in [-0.4, -0.2) is 51.3 Å². The lowest BCUT2D eigenvalue weighted by Crippen LogP contribution is -2.47. The Morgan fingerprint density at radius 2 is 1.64 bits per heavy atom. The molecule has 2 N–H and O–H groups in total. The zero-order valence-electron chi connectivity index (χ0n) is 17.1. The fourth-order valence-corrected chi connectivity index (χ4v) is 4.17. The summed E-state index contributed by atoms with van der Waals surface area (Å²) in [5.41, 5.74) is 0.574. The summed E-state index contributed by atoms with van der Waals surface area (Å²) >= 11 is 0. The van der Waals surface area contributed by atoms with Crippen LogP contribution in [0.25, 0.3) is 0 Å². The van der Waals surface area contributed by atoms with E-state index in [1.54, 1.807) is 24.3 Å². The van der Waals surface area contributed by atoms with Crippen LogP contribution in [0.5, 0.6) is 0 Å². The number of benzene rings is 1. The van der Waals surface area contributed by atoms with Crippen LogP contribution in [0, 0.1) is 18.3 Å². The van der Waals surface area contributed by atoms with Crippen molar-refractivity contribution in [1.82, 2.24) is 14.9 Å². The summed E-state index contributed by atoms with van der Waals surface area (Å²) in [4.78, 5) is 26.6. The molecule has 1 aromatic rings. The third kappa shape index (κ3) is 6.04. The fourth-order valence-electron chi connectivity index (χ4n) is 3.14. The van der Waals surface area contributed by atoms with Gasteiger partial charge >= 0.3 is 0 Å². The molecule has 0 atom stereocenters. The molecule has 2 rings (SSSR count). The first kappa shape index (κ1) is 22.4. The molecule has 0 saturated carbocycles. The number of rotatable bonds is 6. The van der Waals surface area contributed by atoms with Gasteiger partial charge in [0.05, 0.1) is 4.90 Å². The van der Waals surface area contributed by atoms with Crippen molar-refractivity contribution in [3.63, 3.8) is 0 Å². The molecule has 0 spiro atoms. The van der Waals surface area contributed by atoms with Gasteiger partial charge in [-0.05, 0) is 31.9 Å². The number of likely N-dealkylation sites (tertiary alicyclic amines) is 1. The molecule has 1 fully saturated rings. The Kier molecular flexibility index (Phi) is 7.22. The van der Waals surface area contributed by atoms with Crippen LogP contribution in [0.1, 0.15) is 39.2 Å². The molecule has 0 aliphatic carbocycles. The smallest absolute Gasteiger partial charge is 0.240 e. The summed E-state index contributed by atoms with van der Waals surface area (Å²) < 4.78 is 26.9. The van der Waals surface area contributed by atoms with Crippen molar-refractivity contribution in [2.75, 3.05) is 26.2 Å². The predicted molar refractivity (Wildman–Crippen MR) is 108 cm³/mol. The summed E-state index contributed by atoms with van der Waals surface area (Å²) in [5, 5.41) is 2.79. The van der Waals surface area contributed by atoms with E-state index in [-0.39, 0.29) is 35.7 Å². The molecule has 1 heterocycles. The fraction of sp³-hybridized carbons (Fsp3) is 0.600. The second-order valence-corrected chi connectivity index (χ2v) is 10.1. The predicted octanol–water partition coefficient (Wildman–Crippen LogP) is 1.67. The molecular weight excluding hydrogens is 378 g/mol. The van der Waals surface area contributed by atoms with Crippen molar-refractivity contribution in [2.24, 2.45) is 11.3 Å². The summed E-state index contributed by atoms with van der Waals surface area (Å²) in [6.07, 6.45) is 1.26. The topological polar surface area (TPSA) is 95.6 Å². The van der Waals surface area contributed by atoms with Gasteiger partial charge in [-0.1, -0.05) is 38.5 Å². The maximum Gasteiger partial charge on any atom is 0.240 e. The molecule has 1 aliphatic heterocycles. The third-order valence-electron chi connectivity index (χ3n) is 4.84. The van der Waals surface area contributed by atoms with E-state index in [2.05, 4.69) is 10.0 Å². The van der Waals surface area contributed by atoms with Gasteiger partial charge in [-0.2, -0.15) is 0 Å². The van der Waals surface area contributed by atoms with Crippen LogP contribution in [0.15, 0.2) is 29.2 Å². The molecule has 0 radical (unpaired) electrons. The summed E-state index contributed by atoms with van der Waals surface area (Å²) in [5.74, 6) is -0.119. The van der Waals surface area contributed by atoms with Gasteiger partial charge in [0, 0.05) is 37.5 Å². The molecule has 2 amide bonds. The van der Waals surface area contributed by atoms with E-state index in [9.17, 15) is 18.0 Å². The second kappa shape index (κ2) is 9.05. The lowest BCUT2D eigenvalue weighted by Gasteiger charge is -2.35. The molecule has 0 bridgehead atoms. The molecule has 0 aromatic heterocycles. The first-order chi connectivity index (χ1) is 13.0. The van der Waals surface area contributed by atoms with Gasteiger partial charge in [0.2, 0.25) is 21.8 Å². The Balaban J connectivity index is 1.73. The monoisotopic (exact) mass is 409 g/mol. The molecule has 1 aliphatic rings. The van der Waals surface area contributed by atoms with Crippen LogP contribution >= 0.6 is 0 Å². The van der Waals surface area contributed by atoms with E-state index >= 15 is 0 Å². The van der Waals surface area contributed by atoms with E-state index in [0.717, 1.165) is 5.56 Å². The minimum atomic E-state index is -3.58. The van der Waals surface area contributed by atoms with Crippen LogP contribution in [0.2, 0.25) is 0 Å². The van der Waals surface area contributed by atoms with E-state index in [4.69, 9.17) is 0 Å². The zero-order chi connectivity index (χ0) is 20.9. The highest BCUT2D eigenvalue weighted by atomic mass is 32.2. The largest absolute Gasteiger partial charge is 0.355 e. The number of aryl methyl sites for hydroxylation is 1. The first-order valence-corrected chi connectivity index (χ1v) is 11.1. The van der Waals surface area contributed by atoms with Gasteiger partial charge in [-0.3, -0.25) is 9.59 Å². The summed E-state index contributed by atoms with van der Waals surface area (Å²) in [6, 6.07) is 6.60. The maximum absolute atomic E-state index is 12.3. The summed E-state index contributed by atoms with van der Waals surface area (Å²) in [6.45, 7) is 9.09. The van der Waals surface area contributed by atoms with E-state index in [1.165, 1.54) is 0 Å². The Hall–Kier alpha value is -1.93. The lowest BCUT2D eigenvalue weighted by atomic mass is 9.91. The number of carbonyl (C=O) groups excluding carboxylic acids is 2. The number of nitrogens with one attached hydrogen (secondary N) is 2. The Labute approximate surface area is 167 Å². The first-order valence-electron chi connectivity index (χ1n) is 9.64. The Morgan fingerprint density at radius 1 is 1.07 bits per heavy atom. The average Bonchev–Trinajstić information content (AvgIpc) is 2.64. The highest BCUT2D eigenvalue weighted by molar-refractivity contribution is 7.89. The minimum absolute atomic E-state index is 0.0857. The van der Waals surface area contributed by atoms with Gasteiger partial charge in [0.25, 0.3) is 0 Å². The zero-order valence-corrected chi connectivity index (χ0v) is 17.9. The number of hydrogen-bond donors (Lipinski definition) is 2. The van der Waals surface area contributed by atoms with Crippen molar-refractivity contribution in [1.29, 1.82) is 0 Å². The SMILES string of the molecule is Cc1ccc(S(=O)(=O)NCCNC(=O)C2CCN(C(=O)C(C)(C)C)CC2)cc1.